The largest absolute Gasteiger partial charge is 0.457 e. The molecule has 0 fully saturated rings. The first kappa shape index (κ1) is 18.2. The van der Waals surface area contributed by atoms with Crippen LogP contribution >= 0.6 is 11.6 Å². The zero-order valence-corrected chi connectivity index (χ0v) is 15.1. The highest BCUT2D eigenvalue weighted by molar-refractivity contribution is 6.30. The average Bonchev–Trinajstić information content (AvgIpc) is 2.48. The molecule has 0 spiro atoms. The smallest absolute Gasteiger partial charge is 0.334 e. The van der Waals surface area contributed by atoms with E-state index in [9.17, 15) is 4.79 Å². The summed E-state index contributed by atoms with van der Waals surface area (Å²) in [6.07, 6.45) is 1.09. The number of esters is 1. The molecule has 0 atom stereocenters. The molecule has 4 heteroatoms. The second-order valence-electron chi connectivity index (χ2n) is 6.71. The van der Waals surface area contributed by atoms with Gasteiger partial charge in [0.05, 0.1) is 0 Å². The van der Waals surface area contributed by atoms with Crippen LogP contribution < -0.4 is 0 Å². The molecule has 0 aliphatic rings. The van der Waals surface area contributed by atoms with Crippen molar-refractivity contribution >= 4 is 17.6 Å². The fraction of sp³-hybridized carbons (Fsp3) is 0.300. The highest BCUT2D eigenvalue weighted by Crippen LogP contribution is 2.15. The number of rotatable bonds is 5. The Morgan fingerprint density at radius 1 is 1.12 bits per heavy atom. The lowest BCUT2D eigenvalue weighted by atomic mass is 10.1. The Bertz CT molecular complexity index is 730. The zero-order chi connectivity index (χ0) is 17.7. The Labute approximate surface area is 148 Å². The maximum Gasteiger partial charge on any atom is 0.334 e. The maximum atomic E-state index is 12.0. The van der Waals surface area contributed by atoms with Gasteiger partial charge in [-0.15, -0.1) is 0 Å². The molecule has 0 bridgehead atoms. The van der Waals surface area contributed by atoms with E-state index in [4.69, 9.17) is 16.3 Å². The minimum atomic E-state index is -0.524. The topological polar surface area (TPSA) is 39.2 Å². The van der Waals surface area contributed by atoms with Gasteiger partial charge in [-0.2, -0.15) is 0 Å². The van der Waals surface area contributed by atoms with E-state index in [2.05, 4.69) is 11.6 Å². The standard InChI is InChI=1S/C20H22ClNO2/c1-14(19(23)24-20(2,3)4)12-17-6-5-7-18(22-17)13-15-8-10-16(21)11-9-15/h5-11H,1,12-13H2,2-4H3. The zero-order valence-electron chi connectivity index (χ0n) is 14.3. The van der Waals surface area contributed by atoms with Gasteiger partial charge >= 0.3 is 5.97 Å². The van der Waals surface area contributed by atoms with Crippen molar-refractivity contribution in [1.82, 2.24) is 4.98 Å². The van der Waals surface area contributed by atoms with Gasteiger partial charge in [0, 0.05) is 34.8 Å². The third-order valence-electron chi connectivity index (χ3n) is 3.25. The second kappa shape index (κ2) is 7.63. The summed E-state index contributed by atoms with van der Waals surface area (Å²) in [5.41, 5.74) is 2.75. The molecule has 0 aliphatic carbocycles. The summed E-state index contributed by atoms with van der Waals surface area (Å²) in [4.78, 5) is 16.6. The van der Waals surface area contributed by atoms with Crippen molar-refractivity contribution in [3.8, 4) is 0 Å². The first-order valence-corrected chi connectivity index (χ1v) is 8.21. The van der Waals surface area contributed by atoms with Crippen LogP contribution in [0.2, 0.25) is 5.02 Å². The fourth-order valence-corrected chi connectivity index (χ4v) is 2.30. The van der Waals surface area contributed by atoms with Crippen LogP contribution in [-0.2, 0) is 22.4 Å². The summed E-state index contributed by atoms with van der Waals surface area (Å²) in [6, 6.07) is 13.5. The summed E-state index contributed by atoms with van der Waals surface area (Å²) in [6.45, 7) is 9.34. The van der Waals surface area contributed by atoms with Gasteiger partial charge in [0.2, 0.25) is 0 Å². The number of benzene rings is 1. The molecule has 1 heterocycles. The van der Waals surface area contributed by atoms with Crippen LogP contribution in [0.5, 0.6) is 0 Å². The van der Waals surface area contributed by atoms with E-state index in [-0.39, 0.29) is 5.97 Å². The van der Waals surface area contributed by atoms with E-state index in [1.54, 1.807) is 0 Å². The van der Waals surface area contributed by atoms with Crippen LogP contribution in [0, 0.1) is 0 Å². The van der Waals surface area contributed by atoms with E-state index in [1.165, 1.54) is 0 Å². The number of halogens is 1. The Hall–Kier alpha value is -2.13. The van der Waals surface area contributed by atoms with Crippen molar-refractivity contribution in [3.63, 3.8) is 0 Å². The van der Waals surface area contributed by atoms with Crippen molar-refractivity contribution in [2.75, 3.05) is 0 Å². The van der Waals surface area contributed by atoms with Gasteiger partial charge in [0.15, 0.2) is 0 Å². The van der Waals surface area contributed by atoms with Crippen LogP contribution in [-0.4, -0.2) is 16.6 Å². The predicted molar refractivity (Wildman–Crippen MR) is 97.2 cm³/mol. The average molecular weight is 344 g/mol. The van der Waals surface area contributed by atoms with Gasteiger partial charge in [0.25, 0.3) is 0 Å². The van der Waals surface area contributed by atoms with Crippen molar-refractivity contribution in [2.24, 2.45) is 0 Å². The Kier molecular flexibility index (Phi) is 5.79. The van der Waals surface area contributed by atoms with Crippen molar-refractivity contribution in [2.45, 2.75) is 39.2 Å². The van der Waals surface area contributed by atoms with Crippen molar-refractivity contribution < 1.29 is 9.53 Å². The lowest BCUT2D eigenvalue weighted by molar-refractivity contribution is -0.149. The van der Waals surface area contributed by atoms with Crippen molar-refractivity contribution in [3.05, 3.63) is 76.6 Å². The third kappa shape index (κ3) is 5.82. The molecule has 0 radical (unpaired) electrons. The predicted octanol–water partition coefficient (Wildman–Crippen LogP) is 4.77. The molecule has 0 N–H and O–H groups in total. The molecule has 2 aromatic rings. The molecular weight excluding hydrogens is 322 g/mol. The Morgan fingerprint density at radius 3 is 2.38 bits per heavy atom. The number of hydrogen-bond acceptors (Lipinski definition) is 3. The molecule has 0 saturated heterocycles. The number of carbonyl (C=O) groups is 1. The van der Waals surface area contributed by atoms with E-state index in [0.717, 1.165) is 17.0 Å². The Morgan fingerprint density at radius 2 is 1.75 bits per heavy atom. The summed E-state index contributed by atoms with van der Waals surface area (Å²) >= 11 is 5.90. The molecule has 1 aromatic carbocycles. The number of nitrogens with zero attached hydrogens (tertiary/aromatic N) is 1. The summed E-state index contributed by atoms with van der Waals surface area (Å²) in [7, 11) is 0. The van der Waals surface area contributed by atoms with E-state index in [1.807, 2.05) is 63.2 Å². The third-order valence-corrected chi connectivity index (χ3v) is 3.50. The molecule has 0 amide bonds. The first-order chi connectivity index (χ1) is 11.2. The normalized spacial score (nSPS) is 11.2. The lowest BCUT2D eigenvalue weighted by Gasteiger charge is -2.20. The van der Waals surface area contributed by atoms with Crippen LogP contribution in [0.1, 0.15) is 37.7 Å². The minimum absolute atomic E-state index is 0.378. The van der Waals surface area contributed by atoms with Crippen LogP contribution in [0.15, 0.2) is 54.6 Å². The number of hydrogen-bond donors (Lipinski definition) is 0. The fourth-order valence-electron chi connectivity index (χ4n) is 2.18. The van der Waals surface area contributed by atoms with Crippen LogP contribution in [0.25, 0.3) is 0 Å². The molecule has 0 unspecified atom stereocenters. The van der Waals surface area contributed by atoms with Gasteiger partial charge < -0.3 is 4.74 Å². The lowest BCUT2D eigenvalue weighted by Crippen LogP contribution is -2.25. The molecule has 2 rings (SSSR count). The van der Waals surface area contributed by atoms with Crippen LogP contribution in [0.3, 0.4) is 0 Å². The molecular formula is C20H22ClNO2. The summed E-state index contributed by atoms with van der Waals surface area (Å²) in [5, 5.41) is 0.717. The summed E-state index contributed by atoms with van der Waals surface area (Å²) in [5.74, 6) is -0.382. The molecule has 3 nitrogen and oxygen atoms in total. The number of pyridine rings is 1. The number of aromatic nitrogens is 1. The molecule has 0 aliphatic heterocycles. The summed E-state index contributed by atoms with van der Waals surface area (Å²) < 4.78 is 5.33. The first-order valence-electron chi connectivity index (χ1n) is 7.83. The molecule has 1 aromatic heterocycles. The molecule has 126 valence electrons. The highest BCUT2D eigenvalue weighted by Gasteiger charge is 2.19. The van der Waals surface area contributed by atoms with E-state index in [0.29, 0.717) is 23.4 Å². The van der Waals surface area contributed by atoms with Gasteiger partial charge in [-0.3, -0.25) is 4.98 Å². The van der Waals surface area contributed by atoms with Gasteiger partial charge in [-0.05, 0) is 50.6 Å². The maximum absolute atomic E-state index is 12.0. The second-order valence-corrected chi connectivity index (χ2v) is 7.14. The van der Waals surface area contributed by atoms with E-state index >= 15 is 0 Å². The number of carbonyl (C=O) groups excluding carboxylic acids is 1. The van der Waals surface area contributed by atoms with Crippen LogP contribution in [0.4, 0.5) is 0 Å². The van der Waals surface area contributed by atoms with E-state index < -0.39 is 5.60 Å². The number of ether oxygens (including phenoxy) is 1. The molecule has 24 heavy (non-hydrogen) atoms. The quantitative estimate of drug-likeness (QED) is 0.580. The highest BCUT2D eigenvalue weighted by atomic mass is 35.5. The van der Waals surface area contributed by atoms with Gasteiger partial charge in [-0.25, -0.2) is 4.79 Å². The van der Waals surface area contributed by atoms with Gasteiger partial charge in [0.1, 0.15) is 5.60 Å². The SMILES string of the molecule is C=C(Cc1cccc(Cc2ccc(Cl)cc2)n1)C(=O)OC(C)(C)C. The van der Waals surface area contributed by atoms with Crippen molar-refractivity contribution in [1.29, 1.82) is 0 Å². The Balaban J connectivity index is 2.03. The molecule has 0 saturated carbocycles. The monoisotopic (exact) mass is 343 g/mol. The van der Waals surface area contributed by atoms with Gasteiger partial charge in [-0.1, -0.05) is 36.4 Å². The minimum Gasteiger partial charge on any atom is -0.457 e.